The molecule has 0 aliphatic carbocycles. The highest BCUT2D eigenvalue weighted by Gasteiger charge is 2.19. The van der Waals surface area contributed by atoms with Crippen molar-refractivity contribution in [2.45, 2.75) is 18.2 Å². The number of hydrogen-bond acceptors (Lipinski definition) is 1. The molecule has 0 aliphatic heterocycles. The molecule has 0 saturated heterocycles. The van der Waals surface area contributed by atoms with Crippen LogP contribution in [0.5, 0.6) is 0 Å². The molecule has 1 unspecified atom stereocenters. The maximum Gasteiger partial charge on any atom is 0.263 e. The monoisotopic (exact) mass is 280 g/mol. The lowest BCUT2D eigenvalue weighted by Gasteiger charge is -2.09. The third-order valence-electron chi connectivity index (χ3n) is 1.90. The second kappa shape index (κ2) is 4.79. The summed E-state index contributed by atoms with van der Waals surface area (Å²) in [6, 6.07) is 2.94. The second-order valence-corrected chi connectivity index (χ2v) is 3.97. The summed E-state index contributed by atoms with van der Waals surface area (Å²) < 4.78 is 37.9. The van der Waals surface area contributed by atoms with Crippen molar-refractivity contribution in [2.24, 2.45) is 0 Å². The first kappa shape index (κ1) is 12.2. The van der Waals surface area contributed by atoms with Gasteiger partial charge >= 0.3 is 0 Å². The third-order valence-corrected chi connectivity index (χ3v) is 3.04. The van der Waals surface area contributed by atoms with E-state index in [0.717, 1.165) is 18.2 Å². The van der Waals surface area contributed by atoms with Crippen molar-refractivity contribution in [1.29, 1.82) is 0 Å². The predicted octanol–water partition coefficient (Wildman–Crippen LogP) is 3.79. The van der Waals surface area contributed by atoms with Crippen LogP contribution in [0.4, 0.5) is 13.2 Å². The Morgan fingerprint density at radius 2 is 2.00 bits per heavy atom. The Hall–Kier alpha value is -0.840. The van der Waals surface area contributed by atoms with Gasteiger partial charge in [0.25, 0.3) is 6.43 Å². The molecule has 1 nitrogen and oxygen atoms in total. The molecule has 1 aromatic carbocycles. The van der Waals surface area contributed by atoms with Gasteiger partial charge in [-0.25, -0.2) is 13.2 Å². The van der Waals surface area contributed by atoms with Crippen molar-refractivity contribution in [3.8, 4) is 0 Å². The van der Waals surface area contributed by atoms with E-state index in [1.54, 1.807) is 0 Å². The van der Waals surface area contributed by atoms with Gasteiger partial charge in [0.2, 0.25) is 0 Å². The van der Waals surface area contributed by atoms with Crippen LogP contribution in [0.25, 0.3) is 0 Å². The van der Waals surface area contributed by atoms with Crippen LogP contribution in [-0.2, 0) is 4.79 Å². The standard InChI is InChI=1S/C10H8BrF3O/c1-5(15)9(11)7-4-6(10(13)14)2-3-8(7)12/h2-4,9-10H,1H3. The largest absolute Gasteiger partial charge is 0.298 e. The molecule has 0 fully saturated rings. The normalized spacial score (nSPS) is 12.9. The molecule has 0 radical (unpaired) electrons. The SMILES string of the molecule is CC(=O)C(Br)c1cc(C(F)F)ccc1F. The molecule has 5 heteroatoms. The van der Waals surface area contributed by atoms with Gasteiger partial charge in [-0.15, -0.1) is 0 Å². The van der Waals surface area contributed by atoms with Crippen LogP contribution < -0.4 is 0 Å². The molecular weight excluding hydrogens is 273 g/mol. The lowest BCUT2D eigenvalue weighted by Crippen LogP contribution is -2.04. The average molecular weight is 281 g/mol. The van der Waals surface area contributed by atoms with Gasteiger partial charge in [-0.05, 0) is 19.1 Å². The van der Waals surface area contributed by atoms with Crippen molar-refractivity contribution < 1.29 is 18.0 Å². The fourth-order valence-corrected chi connectivity index (χ4v) is 1.46. The zero-order valence-electron chi connectivity index (χ0n) is 7.81. The van der Waals surface area contributed by atoms with E-state index >= 15 is 0 Å². The minimum atomic E-state index is -2.67. The smallest absolute Gasteiger partial charge is 0.263 e. The second-order valence-electron chi connectivity index (χ2n) is 3.05. The van der Waals surface area contributed by atoms with Crippen molar-refractivity contribution in [3.63, 3.8) is 0 Å². The Bertz CT molecular complexity index is 379. The van der Waals surface area contributed by atoms with Crippen LogP contribution in [0, 0.1) is 5.82 Å². The van der Waals surface area contributed by atoms with Crippen molar-refractivity contribution in [2.75, 3.05) is 0 Å². The number of alkyl halides is 3. The summed E-state index contributed by atoms with van der Waals surface area (Å²) in [7, 11) is 0. The molecule has 0 N–H and O–H groups in total. The molecule has 0 saturated carbocycles. The topological polar surface area (TPSA) is 17.1 Å². The molecule has 82 valence electrons. The van der Waals surface area contributed by atoms with Crippen LogP contribution in [-0.4, -0.2) is 5.78 Å². The molecule has 0 heterocycles. The Balaban J connectivity index is 3.16. The van der Waals surface area contributed by atoms with Crippen LogP contribution in [0.1, 0.15) is 29.3 Å². The number of hydrogen-bond donors (Lipinski definition) is 0. The number of rotatable bonds is 3. The molecule has 0 aromatic heterocycles. The van der Waals surface area contributed by atoms with Crippen molar-refractivity contribution >= 4 is 21.7 Å². The summed E-state index contributed by atoms with van der Waals surface area (Å²) in [5, 5.41) is 0. The Morgan fingerprint density at radius 1 is 1.40 bits per heavy atom. The number of Topliss-reactive ketones (excluding diaryl/α,β-unsaturated/α-hetero) is 1. The number of benzene rings is 1. The van der Waals surface area contributed by atoms with E-state index in [9.17, 15) is 18.0 Å². The van der Waals surface area contributed by atoms with Gasteiger partial charge in [0, 0.05) is 11.1 Å². The fraction of sp³-hybridized carbons (Fsp3) is 0.300. The first-order valence-electron chi connectivity index (χ1n) is 4.15. The Kier molecular flexibility index (Phi) is 3.90. The molecule has 1 atom stereocenters. The lowest BCUT2D eigenvalue weighted by molar-refractivity contribution is -0.116. The van der Waals surface area contributed by atoms with Crippen LogP contribution in [0.2, 0.25) is 0 Å². The summed E-state index contributed by atoms with van der Waals surface area (Å²) in [6.07, 6.45) is -2.67. The maximum absolute atomic E-state index is 13.2. The zero-order chi connectivity index (χ0) is 11.6. The van der Waals surface area contributed by atoms with Crippen LogP contribution >= 0.6 is 15.9 Å². The summed E-state index contributed by atoms with van der Waals surface area (Å²) in [6.45, 7) is 1.26. The molecule has 0 bridgehead atoms. The number of carbonyl (C=O) groups excluding carboxylic acids is 1. The van der Waals surface area contributed by atoms with E-state index in [0.29, 0.717) is 0 Å². The molecule has 1 rings (SSSR count). The summed E-state index contributed by atoms with van der Waals surface area (Å²) in [5.41, 5.74) is -0.350. The molecule has 1 aromatic rings. The number of ketones is 1. The molecule has 0 spiro atoms. The first-order chi connectivity index (χ1) is 6.93. The Labute approximate surface area is 93.4 Å². The highest BCUT2D eigenvalue weighted by atomic mass is 79.9. The molecule has 15 heavy (non-hydrogen) atoms. The van der Waals surface area contributed by atoms with Gasteiger partial charge in [-0.2, -0.15) is 0 Å². The zero-order valence-corrected chi connectivity index (χ0v) is 9.39. The van der Waals surface area contributed by atoms with Crippen molar-refractivity contribution in [1.82, 2.24) is 0 Å². The minimum absolute atomic E-state index is 0.0553. The lowest BCUT2D eigenvalue weighted by atomic mass is 10.1. The number of carbonyl (C=O) groups is 1. The van der Waals surface area contributed by atoms with Gasteiger partial charge in [0.15, 0.2) is 0 Å². The Morgan fingerprint density at radius 3 is 2.47 bits per heavy atom. The maximum atomic E-state index is 13.2. The fourth-order valence-electron chi connectivity index (χ4n) is 1.11. The highest BCUT2D eigenvalue weighted by Crippen LogP contribution is 2.29. The van der Waals surface area contributed by atoms with E-state index in [4.69, 9.17) is 0 Å². The van der Waals surface area contributed by atoms with Gasteiger partial charge in [-0.1, -0.05) is 22.0 Å². The quantitative estimate of drug-likeness (QED) is 0.770. The minimum Gasteiger partial charge on any atom is -0.298 e. The summed E-state index contributed by atoms with van der Waals surface area (Å²) in [5.74, 6) is -1.00. The highest BCUT2D eigenvalue weighted by molar-refractivity contribution is 9.09. The van der Waals surface area contributed by atoms with Crippen LogP contribution in [0.3, 0.4) is 0 Å². The molecule has 0 aliphatic rings. The average Bonchev–Trinajstić information content (AvgIpc) is 2.16. The van der Waals surface area contributed by atoms with Crippen LogP contribution in [0.15, 0.2) is 18.2 Å². The molecular formula is C10H8BrF3O. The first-order valence-corrected chi connectivity index (χ1v) is 5.07. The van der Waals surface area contributed by atoms with Crippen molar-refractivity contribution in [3.05, 3.63) is 35.1 Å². The predicted molar refractivity (Wildman–Crippen MR) is 53.7 cm³/mol. The number of halogens is 4. The van der Waals surface area contributed by atoms with E-state index < -0.39 is 17.1 Å². The van der Waals surface area contributed by atoms with E-state index in [1.807, 2.05) is 0 Å². The van der Waals surface area contributed by atoms with Gasteiger partial charge in [-0.3, -0.25) is 4.79 Å². The third kappa shape index (κ3) is 2.81. The summed E-state index contributed by atoms with van der Waals surface area (Å²) >= 11 is 2.95. The van der Waals surface area contributed by atoms with E-state index in [1.165, 1.54) is 6.92 Å². The van der Waals surface area contributed by atoms with E-state index in [-0.39, 0.29) is 16.9 Å². The van der Waals surface area contributed by atoms with Gasteiger partial charge in [0.1, 0.15) is 16.4 Å². The summed E-state index contributed by atoms with van der Waals surface area (Å²) in [4.78, 5) is 10.1. The molecule has 0 amide bonds. The van der Waals surface area contributed by atoms with Gasteiger partial charge in [0.05, 0.1) is 0 Å². The van der Waals surface area contributed by atoms with Gasteiger partial charge < -0.3 is 0 Å². The van der Waals surface area contributed by atoms with E-state index in [2.05, 4.69) is 15.9 Å².